The summed E-state index contributed by atoms with van der Waals surface area (Å²) in [6.45, 7) is -0.0690. The van der Waals surface area contributed by atoms with Crippen LogP contribution in [0.5, 0.6) is 0 Å². The number of imide groups is 1. The molecule has 30 heavy (non-hydrogen) atoms. The van der Waals surface area contributed by atoms with Crippen molar-refractivity contribution in [2.75, 3.05) is 5.32 Å². The molecule has 3 heterocycles. The number of hydrogen-bond donors (Lipinski definition) is 2. The summed E-state index contributed by atoms with van der Waals surface area (Å²) in [6, 6.07) is 9.48. The van der Waals surface area contributed by atoms with Gasteiger partial charge in [-0.3, -0.25) is 19.5 Å². The second-order valence-electron chi connectivity index (χ2n) is 6.56. The van der Waals surface area contributed by atoms with Crippen LogP contribution < -0.4 is 10.6 Å². The molecule has 1 aromatic carbocycles. The number of nitrogens with one attached hydrogen (secondary N) is 2. The van der Waals surface area contributed by atoms with E-state index in [9.17, 15) is 18.8 Å². The van der Waals surface area contributed by atoms with Gasteiger partial charge in [0.2, 0.25) is 5.91 Å². The third kappa shape index (κ3) is 4.33. The van der Waals surface area contributed by atoms with E-state index < -0.39 is 29.7 Å². The van der Waals surface area contributed by atoms with Crippen LogP contribution in [0.2, 0.25) is 0 Å². The first-order valence-corrected chi connectivity index (χ1v) is 9.90. The summed E-state index contributed by atoms with van der Waals surface area (Å²) in [5, 5.41) is 7.26. The minimum Gasteiger partial charge on any atom is -0.325 e. The van der Waals surface area contributed by atoms with Gasteiger partial charge in [0, 0.05) is 11.6 Å². The van der Waals surface area contributed by atoms with E-state index in [1.165, 1.54) is 29.5 Å². The van der Waals surface area contributed by atoms with Crippen molar-refractivity contribution in [3.63, 3.8) is 0 Å². The Kier molecular flexibility index (Phi) is 5.48. The second-order valence-corrected chi connectivity index (χ2v) is 7.42. The van der Waals surface area contributed by atoms with Gasteiger partial charge < -0.3 is 10.6 Å². The number of anilines is 1. The molecule has 4 rings (SSSR count). The smallest absolute Gasteiger partial charge is 0.325 e. The highest BCUT2D eigenvalue weighted by Crippen LogP contribution is 2.23. The van der Waals surface area contributed by atoms with E-state index in [4.69, 9.17) is 0 Å². The summed E-state index contributed by atoms with van der Waals surface area (Å²) >= 11 is 1.23. The quantitative estimate of drug-likeness (QED) is 0.591. The lowest BCUT2D eigenvalue weighted by atomic mass is 10.1. The van der Waals surface area contributed by atoms with Gasteiger partial charge in [-0.1, -0.05) is 18.2 Å². The number of urea groups is 1. The summed E-state index contributed by atoms with van der Waals surface area (Å²) in [6.07, 6.45) is 1.42. The van der Waals surface area contributed by atoms with Gasteiger partial charge in [0.15, 0.2) is 5.13 Å². The van der Waals surface area contributed by atoms with Gasteiger partial charge in [-0.2, -0.15) is 0 Å². The van der Waals surface area contributed by atoms with E-state index in [0.29, 0.717) is 22.1 Å². The standard InChI is InChI=1S/C20H16FN5O3S/c21-13-5-3-4-12(8-13)10-26-18(28)15(24-20(26)29)9-17(27)25-19-23-16(11-30-19)14-6-1-2-7-22-14/h1-8,11,15H,9-10H2,(H,24,29)(H,23,25,27). The third-order valence-corrected chi connectivity index (χ3v) is 5.16. The molecular formula is C20H16FN5O3S. The zero-order valence-electron chi connectivity index (χ0n) is 15.5. The second kappa shape index (κ2) is 8.37. The maximum atomic E-state index is 13.3. The predicted octanol–water partition coefficient (Wildman–Crippen LogP) is 2.79. The molecule has 0 aliphatic carbocycles. The van der Waals surface area contributed by atoms with E-state index in [-0.39, 0.29) is 13.0 Å². The molecule has 2 aromatic heterocycles. The van der Waals surface area contributed by atoms with E-state index in [2.05, 4.69) is 20.6 Å². The van der Waals surface area contributed by atoms with Gasteiger partial charge >= 0.3 is 6.03 Å². The number of carbonyl (C=O) groups excluding carboxylic acids is 3. The molecule has 1 aliphatic heterocycles. The van der Waals surface area contributed by atoms with Gasteiger partial charge in [-0.15, -0.1) is 11.3 Å². The predicted molar refractivity (Wildman–Crippen MR) is 108 cm³/mol. The number of rotatable bonds is 6. The molecule has 1 atom stereocenters. The Labute approximate surface area is 174 Å². The van der Waals surface area contributed by atoms with Crippen molar-refractivity contribution < 1.29 is 18.8 Å². The van der Waals surface area contributed by atoms with E-state index >= 15 is 0 Å². The summed E-state index contributed by atoms with van der Waals surface area (Å²) in [5.41, 5.74) is 1.79. The Hall–Kier alpha value is -3.66. The summed E-state index contributed by atoms with van der Waals surface area (Å²) < 4.78 is 13.3. The van der Waals surface area contributed by atoms with Crippen LogP contribution in [0.4, 0.5) is 14.3 Å². The Morgan fingerprint density at radius 3 is 2.83 bits per heavy atom. The molecule has 8 nitrogen and oxygen atoms in total. The highest BCUT2D eigenvalue weighted by atomic mass is 32.1. The third-order valence-electron chi connectivity index (χ3n) is 4.40. The normalized spacial score (nSPS) is 15.9. The summed E-state index contributed by atoms with van der Waals surface area (Å²) in [5.74, 6) is -1.44. The van der Waals surface area contributed by atoms with Crippen LogP contribution in [0, 0.1) is 5.82 Å². The molecule has 1 saturated heterocycles. The van der Waals surface area contributed by atoms with Crippen LogP contribution in [0.25, 0.3) is 11.4 Å². The van der Waals surface area contributed by atoms with E-state index in [1.807, 2.05) is 6.07 Å². The van der Waals surface area contributed by atoms with Crippen LogP contribution in [-0.2, 0) is 16.1 Å². The molecule has 4 amide bonds. The lowest BCUT2D eigenvalue weighted by molar-refractivity contribution is -0.130. The Balaban J connectivity index is 1.36. The average Bonchev–Trinajstić information content (AvgIpc) is 3.29. The number of halogens is 1. The minimum atomic E-state index is -0.985. The van der Waals surface area contributed by atoms with Crippen molar-refractivity contribution in [3.05, 3.63) is 65.4 Å². The van der Waals surface area contributed by atoms with E-state index in [1.54, 1.807) is 29.8 Å². The molecule has 0 saturated carbocycles. The molecule has 1 unspecified atom stereocenters. The van der Waals surface area contributed by atoms with Crippen molar-refractivity contribution in [1.29, 1.82) is 0 Å². The molecule has 2 N–H and O–H groups in total. The molecular weight excluding hydrogens is 409 g/mol. The highest BCUT2D eigenvalue weighted by molar-refractivity contribution is 7.14. The molecule has 1 aliphatic rings. The Morgan fingerprint density at radius 1 is 1.20 bits per heavy atom. The minimum absolute atomic E-state index is 0.0690. The number of carbonyl (C=O) groups is 3. The van der Waals surface area contributed by atoms with Crippen LogP contribution in [0.3, 0.4) is 0 Å². The monoisotopic (exact) mass is 425 g/mol. The van der Waals surface area contributed by atoms with Crippen molar-refractivity contribution in [3.8, 4) is 11.4 Å². The fourth-order valence-electron chi connectivity index (χ4n) is 3.00. The zero-order chi connectivity index (χ0) is 21.1. The Morgan fingerprint density at radius 2 is 2.07 bits per heavy atom. The van der Waals surface area contributed by atoms with Crippen LogP contribution in [0.1, 0.15) is 12.0 Å². The van der Waals surface area contributed by atoms with Crippen molar-refractivity contribution in [1.82, 2.24) is 20.2 Å². The van der Waals surface area contributed by atoms with Gasteiger partial charge in [0.1, 0.15) is 17.6 Å². The topological polar surface area (TPSA) is 104 Å². The van der Waals surface area contributed by atoms with Crippen molar-refractivity contribution >= 4 is 34.3 Å². The Bertz CT molecular complexity index is 1100. The molecule has 1 fully saturated rings. The van der Waals surface area contributed by atoms with E-state index in [0.717, 1.165) is 4.90 Å². The van der Waals surface area contributed by atoms with Gasteiger partial charge in [0.25, 0.3) is 5.91 Å². The van der Waals surface area contributed by atoms with Crippen molar-refractivity contribution in [2.45, 2.75) is 19.0 Å². The van der Waals surface area contributed by atoms with Gasteiger partial charge in [-0.25, -0.2) is 14.2 Å². The first-order chi connectivity index (χ1) is 14.5. The number of thiazole rings is 1. The average molecular weight is 425 g/mol. The molecule has 0 radical (unpaired) electrons. The molecule has 3 aromatic rings. The lowest BCUT2D eigenvalue weighted by Gasteiger charge is -2.13. The van der Waals surface area contributed by atoms with Crippen LogP contribution in [0.15, 0.2) is 54.0 Å². The molecule has 152 valence electrons. The number of pyridine rings is 1. The largest absolute Gasteiger partial charge is 0.325 e. The number of amides is 4. The molecule has 10 heteroatoms. The number of hydrogen-bond acceptors (Lipinski definition) is 6. The van der Waals surface area contributed by atoms with Crippen molar-refractivity contribution in [2.24, 2.45) is 0 Å². The maximum Gasteiger partial charge on any atom is 0.325 e. The number of aromatic nitrogens is 2. The fourth-order valence-corrected chi connectivity index (χ4v) is 3.72. The lowest BCUT2D eigenvalue weighted by Crippen LogP contribution is -2.34. The summed E-state index contributed by atoms with van der Waals surface area (Å²) in [7, 11) is 0. The molecule has 0 bridgehead atoms. The number of benzene rings is 1. The first kappa shape index (κ1) is 19.6. The first-order valence-electron chi connectivity index (χ1n) is 9.03. The molecule has 0 spiro atoms. The maximum absolute atomic E-state index is 13.3. The highest BCUT2D eigenvalue weighted by Gasteiger charge is 2.39. The number of nitrogens with zero attached hydrogens (tertiary/aromatic N) is 3. The van der Waals surface area contributed by atoms with Gasteiger partial charge in [-0.05, 0) is 29.8 Å². The van der Waals surface area contributed by atoms with Crippen LogP contribution >= 0.6 is 11.3 Å². The van der Waals surface area contributed by atoms with Gasteiger partial charge in [0.05, 0.1) is 18.7 Å². The summed E-state index contributed by atoms with van der Waals surface area (Å²) in [4.78, 5) is 46.5. The van der Waals surface area contributed by atoms with Crippen LogP contribution in [-0.4, -0.2) is 38.8 Å². The zero-order valence-corrected chi connectivity index (χ0v) is 16.4. The SMILES string of the molecule is O=C(CC1NC(=O)N(Cc2cccc(F)c2)C1=O)Nc1nc(-c2ccccn2)cs1. The fraction of sp³-hybridized carbons (Fsp3) is 0.150.